The van der Waals surface area contributed by atoms with Crippen molar-refractivity contribution in [1.29, 1.82) is 0 Å². The van der Waals surface area contributed by atoms with Gasteiger partial charge in [-0.05, 0) is 44.3 Å². The fraction of sp³-hybridized carbons (Fsp3) is 1.00. The molecule has 2 aliphatic rings. The molecular formula is C17H40O2Si4. The summed E-state index contributed by atoms with van der Waals surface area (Å²) >= 11 is 0. The van der Waals surface area contributed by atoms with Crippen molar-refractivity contribution in [2.75, 3.05) is 0 Å². The van der Waals surface area contributed by atoms with Gasteiger partial charge in [0, 0.05) is 16.1 Å². The molecular weight excluding hydrogens is 349 g/mol. The Morgan fingerprint density at radius 3 is 2.17 bits per heavy atom. The number of hydrogen-bond acceptors (Lipinski definition) is 2. The van der Waals surface area contributed by atoms with E-state index in [1.54, 1.807) is 11.7 Å². The molecule has 0 bridgehead atoms. The van der Waals surface area contributed by atoms with E-state index in [0.717, 1.165) is 16.4 Å². The molecule has 1 aliphatic carbocycles. The summed E-state index contributed by atoms with van der Waals surface area (Å²) in [5.41, 5.74) is 1.61. The van der Waals surface area contributed by atoms with Gasteiger partial charge in [-0.1, -0.05) is 50.4 Å². The van der Waals surface area contributed by atoms with Crippen molar-refractivity contribution in [2.45, 2.75) is 101 Å². The lowest BCUT2D eigenvalue weighted by Crippen LogP contribution is -2.41. The van der Waals surface area contributed by atoms with Crippen LogP contribution in [0.1, 0.15) is 25.7 Å². The Kier molecular flexibility index (Phi) is 6.62. The van der Waals surface area contributed by atoms with Crippen LogP contribution < -0.4 is 0 Å². The summed E-state index contributed by atoms with van der Waals surface area (Å²) in [6.45, 7) is 15.4. The second kappa shape index (κ2) is 7.58. The van der Waals surface area contributed by atoms with Gasteiger partial charge in [-0.25, -0.2) is 0 Å². The molecule has 0 aromatic heterocycles. The molecule has 0 radical (unpaired) electrons. The highest BCUT2D eigenvalue weighted by molar-refractivity contribution is 6.95. The van der Waals surface area contributed by atoms with E-state index in [1.165, 1.54) is 37.8 Å². The van der Waals surface area contributed by atoms with Crippen molar-refractivity contribution in [1.82, 2.24) is 0 Å². The fourth-order valence-corrected chi connectivity index (χ4v) is 23.5. The number of rotatable bonds is 9. The van der Waals surface area contributed by atoms with E-state index < -0.39 is 24.5 Å². The first-order valence-corrected chi connectivity index (χ1v) is 20.5. The maximum absolute atomic E-state index is 5.90. The predicted octanol–water partition coefficient (Wildman–Crippen LogP) is 4.40. The smallest absolute Gasteiger partial charge is 0.172 e. The maximum Gasteiger partial charge on any atom is 0.172 e. The molecule has 2 nitrogen and oxygen atoms in total. The Labute approximate surface area is 150 Å². The maximum atomic E-state index is 5.90. The second-order valence-electron chi connectivity index (χ2n) is 10.4. The van der Waals surface area contributed by atoms with E-state index in [2.05, 4.69) is 39.3 Å². The zero-order chi connectivity index (χ0) is 17.3. The van der Waals surface area contributed by atoms with Crippen molar-refractivity contribution in [2.24, 2.45) is 5.92 Å². The van der Waals surface area contributed by atoms with Gasteiger partial charge in [-0.3, -0.25) is 0 Å². The molecule has 0 spiro atoms. The third-order valence-electron chi connectivity index (χ3n) is 6.26. The van der Waals surface area contributed by atoms with Crippen molar-refractivity contribution >= 4 is 35.0 Å². The van der Waals surface area contributed by atoms with Gasteiger partial charge < -0.3 is 8.85 Å². The molecule has 2 fully saturated rings. The summed E-state index contributed by atoms with van der Waals surface area (Å²) in [5, 5.41) is 0. The Balaban J connectivity index is 1.74. The zero-order valence-corrected chi connectivity index (χ0v) is 21.7. The van der Waals surface area contributed by atoms with Gasteiger partial charge in [0.25, 0.3) is 0 Å². The molecule has 0 N–H and O–H groups in total. The van der Waals surface area contributed by atoms with Gasteiger partial charge in [0.05, 0.1) is 12.2 Å². The summed E-state index contributed by atoms with van der Waals surface area (Å²) in [6, 6.07) is 4.43. The van der Waals surface area contributed by atoms with Crippen molar-refractivity contribution in [3.63, 3.8) is 0 Å². The van der Waals surface area contributed by atoms with Gasteiger partial charge in [-0.15, -0.1) is 0 Å². The van der Waals surface area contributed by atoms with Crippen LogP contribution in [-0.4, -0.2) is 47.2 Å². The normalized spacial score (nSPS) is 28.7. The van der Waals surface area contributed by atoms with Crippen LogP contribution in [0.2, 0.25) is 63.1 Å². The molecule has 1 saturated heterocycles. The van der Waals surface area contributed by atoms with E-state index in [9.17, 15) is 0 Å². The lowest BCUT2D eigenvalue weighted by atomic mass is 9.88. The standard InChI is InChI=1S/C17H40O2Si4/c1-21(2,10-9-15-7-8-16-17(13-15)18-16)14-22(3,4)11-12-23(5,6)19-20/h15-17H,7-14H2,1-6,20H3. The van der Waals surface area contributed by atoms with Crippen LogP contribution in [0.3, 0.4) is 0 Å². The lowest BCUT2D eigenvalue weighted by molar-refractivity contribution is 0.357. The van der Waals surface area contributed by atoms with Crippen LogP contribution in [0.15, 0.2) is 0 Å². The van der Waals surface area contributed by atoms with Crippen LogP contribution in [0.25, 0.3) is 0 Å². The molecule has 1 saturated carbocycles. The Hall–Kier alpha value is 0.788. The largest absolute Gasteiger partial charge is 0.463 e. The van der Waals surface area contributed by atoms with Gasteiger partial charge in [0.1, 0.15) is 10.5 Å². The quantitative estimate of drug-likeness (QED) is 0.431. The van der Waals surface area contributed by atoms with Gasteiger partial charge in [-0.2, -0.15) is 0 Å². The van der Waals surface area contributed by atoms with E-state index in [1.807, 2.05) is 0 Å². The third kappa shape index (κ3) is 6.90. The highest BCUT2D eigenvalue weighted by atomic mass is 28.4. The molecule has 6 heteroatoms. The second-order valence-corrected chi connectivity index (χ2v) is 27.1. The number of fused-ring (bicyclic) bond motifs is 1. The van der Waals surface area contributed by atoms with Crippen LogP contribution in [0, 0.1) is 5.92 Å². The van der Waals surface area contributed by atoms with Crippen LogP contribution in [0.4, 0.5) is 0 Å². The Bertz CT molecular complexity index is 398. The minimum atomic E-state index is -1.31. The number of ether oxygens (including phenoxy) is 1. The first kappa shape index (κ1) is 20.1. The fourth-order valence-electron chi connectivity index (χ4n) is 4.56. The van der Waals surface area contributed by atoms with Gasteiger partial charge in [0.2, 0.25) is 0 Å². The average molecular weight is 389 g/mol. The average Bonchev–Trinajstić information content (AvgIpc) is 3.21. The molecule has 3 unspecified atom stereocenters. The summed E-state index contributed by atoms with van der Waals surface area (Å²) < 4.78 is 11.6. The van der Waals surface area contributed by atoms with E-state index in [0.29, 0.717) is 12.2 Å². The topological polar surface area (TPSA) is 21.8 Å². The first-order chi connectivity index (χ1) is 10.5. The van der Waals surface area contributed by atoms with E-state index in [-0.39, 0.29) is 0 Å². The minimum Gasteiger partial charge on any atom is -0.463 e. The summed E-state index contributed by atoms with van der Waals surface area (Å²) in [4.78, 5) is 0. The Morgan fingerprint density at radius 1 is 0.913 bits per heavy atom. The Morgan fingerprint density at radius 2 is 1.57 bits per heavy atom. The summed E-state index contributed by atoms with van der Waals surface area (Å²) in [7, 11) is -2.47. The molecule has 0 amide bonds. The van der Waals surface area contributed by atoms with Crippen LogP contribution in [-0.2, 0) is 8.85 Å². The molecule has 23 heavy (non-hydrogen) atoms. The first-order valence-electron chi connectivity index (χ1n) is 9.73. The SMILES string of the molecule is C[Si](C)(CCC1CCC2OC2C1)C[Si](C)(C)CC[Si](C)(C)O[SiH3]. The molecule has 1 aliphatic heterocycles. The molecule has 0 aromatic carbocycles. The molecule has 2 rings (SSSR count). The number of epoxide rings is 1. The molecule has 1 heterocycles. The van der Waals surface area contributed by atoms with Gasteiger partial charge in [0.15, 0.2) is 8.32 Å². The van der Waals surface area contributed by atoms with Crippen molar-refractivity contribution in [3.8, 4) is 0 Å². The van der Waals surface area contributed by atoms with Crippen molar-refractivity contribution < 1.29 is 8.85 Å². The minimum absolute atomic E-state index is 0.661. The zero-order valence-electron chi connectivity index (χ0n) is 16.7. The highest BCUT2D eigenvalue weighted by Crippen LogP contribution is 2.42. The monoisotopic (exact) mass is 388 g/mol. The highest BCUT2D eigenvalue weighted by Gasteiger charge is 2.44. The summed E-state index contributed by atoms with van der Waals surface area (Å²) in [6.07, 6.45) is 6.96. The van der Waals surface area contributed by atoms with E-state index in [4.69, 9.17) is 8.85 Å². The van der Waals surface area contributed by atoms with Crippen LogP contribution in [0.5, 0.6) is 0 Å². The summed E-state index contributed by atoms with van der Waals surface area (Å²) in [5.74, 6) is 0.972. The van der Waals surface area contributed by atoms with Crippen LogP contribution >= 0.6 is 0 Å². The van der Waals surface area contributed by atoms with Crippen molar-refractivity contribution in [3.05, 3.63) is 0 Å². The molecule has 136 valence electrons. The lowest BCUT2D eigenvalue weighted by Gasteiger charge is -2.35. The van der Waals surface area contributed by atoms with Gasteiger partial charge >= 0.3 is 0 Å². The van der Waals surface area contributed by atoms with E-state index >= 15 is 0 Å². The predicted molar refractivity (Wildman–Crippen MR) is 113 cm³/mol. The third-order valence-corrected chi connectivity index (χ3v) is 23.5. The molecule has 3 atom stereocenters. The number of hydrogen-bond donors (Lipinski definition) is 0. The molecule has 0 aromatic rings.